The van der Waals surface area contributed by atoms with E-state index in [4.69, 9.17) is 10.6 Å². The Labute approximate surface area is 61.2 Å². The molecular formula is C7H14N2O. The van der Waals surface area contributed by atoms with Crippen LogP contribution in [0.3, 0.4) is 0 Å². The van der Waals surface area contributed by atoms with E-state index in [0.717, 1.165) is 19.4 Å². The lowest BCUT2D eigenvalue weighted by Crippen LogP contribution is -2.42. The Kier molecular flexibility index (Phi) is 2.86. The molecule has 2 atom stereocenters. The smallest absolute Gasteiger partial charge is 0.0777 e. The molecule has 0 aliphatic carbocycles. The highest BCUT2D eigenvalue weighted by Crippen LogP contribution is 2.15. The Morgan fingerprint density at radius 3 is 3.00 bits per heavy atom. The molecule has 3 nitrogen and oxygen atoms in total. The van der Waals surface area contributed by atoms with Crippen molar-refractivity contribution in [2.45, 2.75) is 25.0 Å². The van der Waals surface area contributed by atoms with Crippen molar-refractivity contribution in [3.63, 3.8) is 0 Å². The van der Waals surface area contributed by atoms with Crippen LogP contribution in [0.2, 0.25) is 0 Å². The third-order valence-corrected chi connectivity index (χ3v) is 1.81. The average Bonchev–Trinajstić information content (AvgIpc) is 2.43. The van der Waals surface area contributed by atoms with Gasteiger partial charge in [0.1, 0.15) is 0 Å². The maximum Gasteiger partial charge on any atom is 0.0777 e. The summed E-state index contributed by atoms with van der Waals surface area (Å²) in [5.41, 5.74) is 2.65. The average molecular weight is 142 g/mol. The molecule has 10 heavy (non-hydrogen) atoms. The van der Waals surface area contributed by atoms with Gasteiger partial charge in [0.15, 0.2) is 0 Å². The van der Waals surface area contributed by atoms with Crippen molar-refractivity contribution in [3.05, 3.63) is 12.7 Å². The van der Waals surface area contributed by atoms with Gasteiger partial charge in [-0.05, 0) is 12.8 Å². The molecule has 1 aliphatic rings. The molecule has 1 heterocycles. The molecule has 3 heteroatoms. The summed E-state index contributed by atoms with van der Waals surface area (Å²) in [7, 11) is 0. The molecule has 0 amide bonds. The first-order valence-electron chi connectivity index (χ1n) is 3.58. The van der Waals surface area contributed by atoms with Gasteiger partial charge in [-0.2, -0.15) is 0 Å². The molecule has 0 spiro atoms. The maximum absolute atomic E-state index is 5.38. The minimum atomic E-state index is 0.113. The van der Waals surface area contributed by atoms with Gasteiger partial charge in [-0.25, -0.2) is 0 Å². The highest BCUT2D eigenvalue weighted by atomic mass is 16.5. The lowest BCUT2D eigenvalue weighted by Gasteiger charge is -2.17. The first-order valence-corrected chi connectivity index (χ1v) is 3.58. The molecular weight excluding hydrogens is 128 g/mol. The van der Waals surface area contributed by atoms with E-state index in [2.05, 4.69) is 12.0 Å². The van der Waals surface area contributed by atoms with Gasteiger partial charge in [-0.3, -0.25) is 11.3 Å². The summed E-state index contributed by atoms with van der Waals surface area (Å²) in [5, 5.41) is 0. The molecule has 0 bridgehead atoms. The van der Waals surface area contributed by atoms with Crippen LogP contribution in [0.25, 0.3) is 0 Å². The molecule has 2 unspecified atom stereocenters. The Bertz CT molecular complexity index is 110. The van der Waals surface area contributed by atoms with Crippen molar-refractivity contribution < 1.29 is 4.74 Å². The van der Waals surface area contributed by atoms with Gasteiger partial charge in [0.25, 0.3) is 0 Å². The minimum absolute atomic E-state index is 0.113. The topological polar surface area (TPSA) is 47.3 Å². The second-order valence-electron chi connectivity index (χ2n) is 2.48. The minimum Gasteiger partial charge on any atom is -0.376 e. The van der Waals surface area contributed by atoms with Crippen LogP contribution in [0.15, 0.2) is 12.7 Å². The molecule has 1 fully saturated rings. The van der Waals surface area contributed by atoms with Gasteiger partial charge < -0.3 is 4.74 Å². The van der Waals surface area contributed by atoms with E-state index in [1.165, 1.54) is 0 Å². The fourth-order valence-electron chi connectivity index (χ4n) is 1.21. The Morgan fingerprint density at radius 2 is 2.60 bits per heavy atom. The van der Waals surface area contributed by atoms with Crippen molar-refractivity contribution in [1.29, 1.82) is 0 Å². The van der Waals surface area contributed by atoms with Gasteiger partial charge in [-0.1, -0.05) is 6.08 Å². The lowest BCUT2D eigenvalue weighted by molar-refractivity contribution is 0.0917. The summed E-state index contributed by atoms with van der Waals surface area (Å²) in [6.07, 6.45) is 4.25. The number of nitrogens with one attached hydrogen (secondary N) is 1. The fraction of sp³-hybridized carbons (Fsp3) is 0.714. The van der Waals surface area contributed by atoms with E-state index in [0.29, 0.717) is 0 Å². The number of hydrogen-bond acceptors (Lipinski definition) is 3. The van der Waals surface area contributed by atoms with E-state index in [1.54, 1.807) is 6.08 Å². The van der Waals surface area contributed by atoms with Crippen molar-refractivity contribution >= 4 is 0 Å². The van der Waals surface area contributed by atoms with Gasteiger partial charge in [0, 0.05) is 6.61 Å². The summed E-state index contributed by atoms with van der Waals surface area (Å²) < 4.78 is 5.38. The van der Waals surface area contributed by atoms with E-state index in [9.17, 15) is 0 Å². The molecule has 0 radical (unpaired) electrons. The van der Waals surface area contributed by atoms with Crippen molar-refractivity contribution in [2.24, 2.45) is 5.84 Å². The van der Waals surface area contributed by atoms with Crippen LogP contribution in [0.4, 0.5) is 0 Å². The van der Waals surface area contributed by atoms with Crippen molar-refractivity contribution in [2.75, 3.05) is 6.61 Å². The number of hydrogen-bond donors (Lipinski definition) is 2. The first kappa shape index (κ1) is 7.72. The zero-order valence-electron chi connectivity index (χ0n) is 6.05. The normalized spacial score (nSPS) is 28.3. The number of rotatable bonds is 3. The standard InChI is InChI=1S/C7H14N2O/c1-2-6(9-8)7-4-3-5-10-7/h2,6-7,9H,1,3-5,8H2. The quantitative estimate of drug-likeness (QED) is 0.336. The SMILES string of the molecule is C=CC(NN)C1CCCO1. The maximum atomic E-state index is 5.38. The Hall–Kier alpha value is -0.380. The second kappa shape index (κ2) is 3.71. The summed E-state index contributed by atoms with van der Waals surface area (Å²) >= 11 is 0. The number of ether oxygens (including phenoxy) is 1. The zero-order chi connectivity index (χ0) is 7.40. The van der Waals surface area contributed by atoms with E-state index < -0.39 is 0 Å². The van der Waals surface area contributed by atoms with Crippen LogP contribution >= 0.6 is 0 Å². The molecule has 1 saturated heterocycles. The van der Waals surface area contributed by atoms with Gasteiger partial charge in [0.2, 0.25) is 0 Å². The Morgan fingerprint density at radius 1 is 1.80 bits per heavy atom. The van der Waals surface area contributed by atoms with Gasteiger partial charge >= 0.3 is 0 Å². The molecule has 3 N–H and O–H groups in total. The highest BCUT2D eigenvalue weighted by molar-refractivity contribution is 4.92. The molecule has 0 aromatic heterocycles. The van der Waals surface area contributed by atoms with Crippen LogP contribution in [0.5, 0.6) is 0 Å². The monoisotopic (exact) mass is 142 g/mol. The lowest BCUT2D eigenvalue weighted by atomic mass is 10.1. The summed E-state index contributed by atoms with van der Waals surface area (Å²) in [6, 6.07) is 0.113. The third-order valence-electron chi connectivity index (χ3n) is 1.81. The van der Waals surface area contributed by atoms with Crippen molar-refractivity contribution in [1.82, 2.24) is 5.43 Å². The van der Waals surface area contributed by atoms with Crippen LogP contribution in [0.1, 0.15) is 12.8 Å². The van der Waals surface area contributed by atoms with Crippen molar-refractivity contribution in [3.8, 4) is 0 Å². The first-order chi connectivity index (χ1) is 4.88. The zero-order valence-corrected chi connectivity index (χ0v) is 6.05. The van der Waals surface area contributed by atoms with Crippen LogP contribution in [-0.4, -0.2) is 18.8 Å². The number of nitrogens with two attached hydrogens (primary N) is 1. The van der Waals surface area contributed by atoms with Gasteiger partial charge in [0.05, 0.1) is 12.1 Å². The predicted octanol–water partition coefficient (Wildman–Crippen LogP) is 0.183. The van der Waals surface area contributed by atoms with E-state index >= 15 is 0 Å². The molecule has 58 valence electrons. The molecule has 0 saturated carbocycles. The molecule has 0 aromatic carbocycles. The molecule has 1 rings (SSSR count). The summed E-state index contributed by atoms with van der Waals surface area (Å²) in [6.45, 7) is 4.51. The van der Waals surface area contributed by atoms with Crippen LogP contribution in [0, 0.1) is 0 Å². The van der Waals surface area contributed by atoms with Gasteiger partial charge in [-0.15, -0.1) is 6.58 Å². The second-order valence-corrected chi connectivity index (χ2v) is 2.48. The largest absolute Gasteiger partial charge is 0.376 e. The molecule has 1 aliphatic heterocycles. The Balaban J connectivity index is 2.36. The third kappa shape index (κ3) is 1.56. The number of hydrazine groups is 1. The van der Waals surface area contributed by atoms with E-state index in [-0.39, 0.29) is 12.1 Å². The highest BCUT2D eigenvalue weighted by Gasteiger charge is 2.21. The molecule has 0 aromatic rings. The predicted molar refractivity (Wildman–Crippen MR) is 40.3 cm³/mol. The van der Waals surface area contributed by atoms with Crippen LogP contribution in [-0.2, 0) is 4.74 Å². The summed E-state index contributed by atoms with van der Waals surface area (Å²) in [5.74, 6) is 5.26. The van der Waals surface area contributed by atoms with Crippen LogP contribution < -0.4 is 11.3 Å². The van der Waals surface area contributed by atoms with E-state index in [1.807, 2.05) is 0 Å². The fourth-order valence-corrected chi connectivity index (χ4v) is 1.21. The summed E-state index contributed by atoms with van der Waals surface area (Å²) in [4.78, 5) is 0.